The Kier molecular flexibility index (Phi) is 5.46. The summed E-state index contributed by atoms with van der Waals surface area (Å²) in [5.74, 6) is -0.498. The van der Waals surface area contributed by atoms with E-state index in [9.17, 15) is 10.1 Å². The minimum atomic E-state index is -1.02. The van der Waals surface area contributed by atoms with E-state index in [-0.39, 0.29) is 12.1 Å². The molecule has 3 atom stereocenters. The third kappa shape index (κ3) is 3.36. The van der Waals surface area contributed by atoms with Gasteiger partial charge in [-0.1, -0.05) is 36.4 Å². The lowest BCUT2D eigenvalue weighted by atomic mass is 9.81. The first kappa shape index (κ1) is 19.6. The second-order valence-electron chi connectivity index (χ2n) is 7.04. The van der Waals surface area contributed by atoms with Crippen LogP contribution < -0.4 is 5.73 Å². The molecule has 1 saturated heterocycles. The van der Waals surface area contributed by atoms with Crippen molar-refractivity contribution in [1.29, 1.82) is 10.5 Å². The van der Waals surface area contributed by atoms with Crippen LogP contribution in [0.2, 0.25) is 0 Å². The number of rotatable bonds is 6. The summed E-state index contributed by atoms with van der Waals surface area (Å²) < 4.78 is 5.36. The molecule has 6 heteroatoms. The van der Waals surface area contributed by atoms with E-state index in [4.69, 9.17) is 15.7 Å². The molecule has 1 fully saturated rings. The topological polar surface area (TPSA) is 103 Å². The summed E-state index contributed by atoms with van der Waals surface area (Å²) in [7, 11) is 1.47. The number of methoxy groups -OCH3 is 1. The first-order valence-electron chi connectivity index (χ1n) is 9.05. The minimum Gasteiger partial charge on any atom is -0.367 e. The molecule has 1 amide bonds. The van der Waals surface area contributed by atoms with Gasteiger partial charge in [0, 0.05) is 26.1 Å². The van der Waals surface area contributed by atoms with Crippen LogP contribution in [-0.2, 0) is 16.0 Å². The Hall–Kier alpha value is -3.19. The molecule has 0 radical (unpaired) electrons. The summed E-state index contributed by atoms with van der Waals surface area (Å²) in [5, 5.41) is 18.5. The quantitative estimate of drug-likeness (QED) is 0.835. The van der Waals surface area contributed by atoms with Gasteiger partial charge in [-0.2, -0.15) is 10.5 Å². The summed E-state index contributed by atoms with van der Waals surface area (Å²) in [4.78, 5) is 13.7. The Morgan fingerprint density at radius 2 is 1.79 bits per heavy atom. The van der Waals surface area contributed by atoms with Gasteiger partial charge >= 0.3 is 0 Å². The normalized spacial score (nSPS) is 22.5. The molecule has 0 spiro atoms. The van der Waals surface area contributed by atoms with Crippen molar-refractivity contribution < 1.29 is 9.53 Å². The largest absolute Gasteiger partial charge is 0.367 e. The van der Waals surface area contributed by atoms with Crippen molar-refractivity contribution in [3.8, 4) is 23.3 Å². The summed E-state index contributed by atoms with van der Waals surface area (Å²) in [5.41, 5.74) is 8.21. The van der Waals surface area contributed by atoms with Crippen LogP contribution in [0.15, 0.2) is 48.5 Å². The number of likely N-dealkylation sites (tertiary alicyclic amines) is 1. The monoisotopic (exact) mass is 374 g/mol. The summed E-state index contributed by atoms with van der Waals surface area (Å²) in [6, 6.07) is 19.3. The average Bonchev–Trinajstić information content (AvgIpc) is 2.72. The average molecular weight is 374 g/mol. The third-order valence-electron chi connectivity index (χ3n) is 5.65. The maximum Gasteiger partial charge on any atom is 0.252 e. The van der Waals surface area contributed by atoms with Crippen molar-refractivity contribution in [3.63, 3.8) is 0 Å². The highest BCUT2D eigenvalue weighted by Crippen LogP contribution is 2.34. The van der Waals surface area contributed by atoms with E-state index >= 15 is 0 Å². The molecule has 2 N–H and O–H groups in total. The highest BCUT2D eigenvalue weighted by atomic mass is 16.5. The van der Waals surface area contributed by atoms with Crippen LogP contribution in [0.4, 0.5) is 0 Å². The molecule has 6 nitrogen and oxygen atoms in total. The minimum absolute atomic E-state index is 0.252. The van der Waals surface area contributed by atoms with E-state index in [0.717, 1.165) is 16.7 Å². The molecule has 142 valence electrons. The molecule has 0 aliphatic carbocycles. The number of primary amides is 1. The first-order chi connectivity index (χ1) is 13.4. The van der Waals surface area contributed by atoms with Gasteiger partial charge in [-0.05, 0) is 35.7 Å². The van der Waals surface area contributed by atoms with Gasteiger partial charge in [-0.25, -0.2) is 0 Å². The summed E-state index contributed by atoms with van der Waals surface area (Å²) >= 11 is 0. The number of carbonyl (C=O) groups is 1. The molecule has 2 unspecified atom stereocenters. The highest BCUT2D eigenvalue weighted by molar-refractivity contribution is 5.86. The number of nitrogens with zero attached hydrogens (tertiary/aromatic N) is 3. The fourth-order valence-electron chi connectivity index (χ4n) is 3.73. The predicted octanol–water partition coefficient (Wildman–Crippen LogP) is 2.23. The van der Waals surface area contributed by atoms with E-state index in [1.54, 1.807) is 12.1 Å². The first-order valence-corrected chi connectivity index (χ1v) is 9.05. The maximum atomic E-state index is 11.7. The Morgan fingerprint density at radius 3 is 2.21 bits per heavy atom. The van der Waals surface area contributed by atoms with Crippen LogP contribution in [0, 0.1) is 22.7 Å². The van der Waals surface area contributed by atoms with Gasteiger partial charge in [0.1, 0.15) is 6.04 Å². The lowest BCUT2D eigenvalue weighted by Crippen LogP contribution is -2.76. The number of benzene rings is 2. The number of hydrogen-bond acceptors (Lipinski definition) is 5. The molecule has 1 aliphatic rings. The van der Waals surface area contributed by atoms with Gasteiger partial charge in [0.2, 0.25) is 0 Å². The molecule has 2 aromatic rings. The molecule has 3 rings (SSSR count). The molecule has 0 saturated carbocycles. The van der Waals surface area contributed by atoms with Crippen molar-refractivity contribution >= 4 is 5.91 Å². The molecule has 1 aliphatic heterocycles. The zero-order valence-electron chi connectivity index (χ0n) is 15.9. The number of nitrogens with two attached hydrogens (primary N) is 1. The van der Waals surface area contributed by atoms with Crippen LogP contribution in [0.5, 0.6) is 0 Å². The number of nitriles is 2. The number of carbonyl (C=O) groups excluding carboxylic acids is 1. The molecule has 0 aromatic heterocycles. The summed E-state index contributed by atoms with van der Waals surface area (Å²) in [6.07, 6.45) is 0.549. The van der Waals surface area contributed by atoms with Crippen LogP contribution in [0.1, 0.15) is 18.1 Å². The van der Waals surface area contributed by atoms with Crippen LogP contribution in [0.3, 0.4) is 0 Å². The van der Waals surface area contributed by atoms with Crippen molar-refractivity contribution in [2.45, 2.75) is 31.0 Å². The Balaban J connectivity index is 1.70. The van der Waals surface area contributed by atoms with Crippen molar-refractivity contribution in [1.82, 2.24) is 4.90 Å². The Bertz CT molecular complexity index is 940. The second-order valence-corrected chi connectivity index (χ2v) is 7.04. The molecule has 1 heterocycles. The van der Waals surface area contributed by atoms with Gasteiger partial charge in [0.15, 0.2) is 5.60 Å². The molecule has 2 aromatic carbocycles. The van der Waals surface area contributed by atoms with Gasteiger partial charge < -0.3 is 10.5 Å². The molecular formula is C22H22N4O2. The standard InChI is InChI=1S/C22H22N4O2/c1-15-22(28-2,21(25)27)14-26(15)20(13-24)11-16-3-7-18(8-4-16)19-9-5-17(12-23)6-10-19/h3-10,15,20H,11,14H2,1-2H3,(H2,25,27)/t15?,20-,22?/m0/s1. The summed E-state index contributed by atoms with van der Waals surface area (Å²) in [6.45, 7) is 2.18. The van der Waals surface area contributed by atoms with Gasteiger partial charge in [0.05, 0.1) is 17.7 Å². The number of amides is 1. The van der Waals surface area contributed by atoms with E-state index in [1.165, 1.54) is 7.11 Å². The Morgan fingerprint density at radius 1 is 1.21 bits per heavy atom. The van der Waals surface area contributed by atoms with E-state index in [2.05, 4.69) is 12.1 Å². The van der Waals surface area contributed by atoms with E-state index in [1.807, 2.05) is 48.2 Å². The van der Waals surface area contributed by atoms with Gasteiger partial charge in [-0.3, -0.25) is 9.69 Å². The predicted molar refractivity (Wildman–Crippen MR) is 105 cm³/mol. The van der Waals surface area contributed by atoms with E-state index in [0.29, 0.717) is 18.5 Å². The fourth-order valence-corrected chi connectivity index (χ4v) is 3.73. The lowest BCUT2D eigenvalue weighted by Gasteiger charge is -2.54. The van der Waals surface area contributed by atoms with Crippen LogP contribution >= 0.6 is 0 Å². The highest BCUT2D eigenvalue weighted by Gasteiger charge is 2.57. The lowest BCUT2D eigenvalue weighted by molar-refractivity contribution is -0.186. The van der Waals surface area contributed by atoms with Crippen molar-refractivity contribution in [2.24, 2.45) is 5.73 Å². The van der Waals surface area contributed by atoms with E-state index < -0.39 is 11.5 Å². The molecule has 0 bridgehead atoms. The molecular weight excluding hydrogens is 352 g/mol. The maximum absolute atomic E-state index is 11.7. The molecule has 28 heavy (non-hydrogen) atoms. The van der Waals surface area contributed by atoms with Gasteiger partial charge in [-0.15, -0.1) is 0 Å². The van der Waals surface area contributed by atoms with Crippen LogP contribution in [0.25, 0.3) is 11.1 Å². The zero-order valence-corrected chi connectivity index (χ0v) is 15.9. The van der Waals surface area contributed by atoms with Crippen molar-refractivity contribution in [2.75, 3.05) is 13.7 Å². The Labute approximate surface area is 164 Å². The smallest absolute Gasteiger partial charge is 0.252 e. The second kappa shape index (κ2) is 7.82. The zero-order chi connectivity index (χ0) is 20.3. The SMILES string of the molecule is COC1(C(N)=O)CN([C@H](C#N)Cc2ccc(-c3ccc(C#N)cc3)cc2)C1C. The fraction of sp³-hybridized carbons (Fsp3) is 0.318. The van der Waals surface area contributed by atoms with Crippen LogP contribution in [-0.4, -0.2) is 42.1 Å². The third-order valence-corrected chi connectivity index (χ3v) is 5.65. The van der Waals surface area contributed by atoms with Gasteiger partial charge in [0.25, 0.3) is 5.91 Å². The number of hydrogen-bond donors (Lipinski definition) is 1. The number of ether oxygens (including phenoxy) is 1. The van der Waals surface area contributed by atoms with Crippen molar-refractivity contribution in [3.05, 3.63) is 59.7 Å².